The molecule has 132 valence electrons. The van der Waals surface area contributed by atoms with E-state index in [1.165, 1.54) is 11.1 Å². The lowest BCUT2D eigenvalue weighted by molar-refractivity contribution is -0.140. The Morgan fingerprint density at radius 3 is 2.52 bits per heavy atom. The highest BCUT2D eigenvalue weighted by Crippen LogP contribution is 2.49. The minimum atomic E-state index is -1.06. The number of carboxylic acid groups (broad SMARTS) is 1. The van der Waals surface area contributed by atoms with Gasteiger partial charge < -0.3 is 15.2 Å². The Labute approximate surface area is 147 Å². The number of hydrogen-bond donors (Lipinski definition) is 2. The minimum Gasteiger partial charge on any atom is -0.480 e. The van der Waals surface area contributed by atoms with Gasteiger partial charge in [0.2, 0.25) is 0 Å². The van der Waals surface area contributed by atoms with Crippen molar-refractivity contribution in [3.63, 3.8) is 0 Å². The average molecular weight is 341 g/mol. The van der Waals surface area contributed by atoms with Gasteiger partial charge in [0, 0.05) is 11.8 Å². The van der Waals surface area contributed by atoms with E-state index in [0.717, 1.165) is 0 Å². The molecule has 0 bridgehead atoms. The molecule has 0 radical (unpaired) electrons. The predicted molar refractivity (Wildman–Crippen MR) is 94.4 cm³/mol. The smallest absolute Gasteiger partial charge is 0.407 e. The summed E-state index contributed by atoms with van der Waals surface area (Å²) in [5.74, 6) is -0.627. The van der Waals surface area contributed by atoms with Gasteiger partial charge in [0.25, 0.3) is 0 Å². The van der Waals surface area contributed by atoms with Gasteiger partial charge >= 0.3 is 12.1 Å². The molecule has 4 atom stereocenters. The van der Waals surface area contributed by atoms with Crippen LogP contribution >= 0.6 is 0 Å². The Hall–Kier alpha value is -2.56. The number of hydrogen-bond acceptors (Lipinski definition) is 3. The lowest BCUT2D eigenvalue weighted by Crippen LogP contribution is -2.44. The number of carboxylic acids is 1. The van der Waals surface area contributed by atoms with Crippen molar-refractivity contribution in [3.05, 3.63) is 59.7 Å². The summed E-state index contributed by atoms with van der Waals surface area (Å²) in [7, 11) is 0. The topological polar surface area (TPSA) is 75.6 Å². The van der Waals surface area contributed by atoms with Crippen molar-refractivity contribution >= 4 is 12.1 Å². The standard InChI is InChI=1S/C20H23NO4/c1-12(2)18(19(22)23)21-20(24)25-11-17-15-9-5-3-7-13(15)14-8-4-6-10-16(14)17/h3-10,12-13,15,17-18H,11H2,1-2H3,(H,21,24)(H,22,23). The number of benzene rings is 1. The van der Waals surface area contributed by atoms with Crippen LogP contribution in [0, 0.1) is 11.8 Å². The molecule has 2 aliphatic rings. The summed E-state index contributed by atoms with van der Waals surface area (Å²) in [4.78, 5) is 23.3. The lowest BCUT2D eigenvalue weighted by atomic mass is 9.84. The highest BCUT2D eigenvalue weighted by molar-refractivity contribution is 5.80. The fourth-order valence-electron chi connectivity index (χ4n) is 3.73. The van der Waals surface area contributed by atoms with E-state index in [2.05, 4.69) is 29.6 Å². The van der Waals surface area contributed by atoms with E-state index < -0.39 is 18.1 Å². The van der Waals surface area contributed by atoms with E-state index in [-0.39, 0.29) is 24.4 Å². The number of alkyl carbamates (subject to hydrolysis) is 1. The van der Waals surface area contributed by atoms with Crippen molar-refractivity contribution in [2.24, 2.45) is 11.8 Å². The first-order valence-electron chi connectivity index (χ1n) is 8.59. The zero-order valence-electron chi connectivity index (χ0n) is 14.4. The second kappa shape index (κ2) is 7.13. The van der Waals surface area contributed by atoms with Crippen molar-refractivity contribution in [2.45, 2.75) is 31.7 Å². The second-order valence-corrected chi connectivity index (χ2v) is 6.91. The van der Waals surface area contributed by atoms with Crippen molar-refractivity contribution in [1.29, 1.82) is 0 Å². The summed E-state index contributed by atoms with van der Waals surface area (Å²) in [5, 5.41) is 11.6. The Bertz CT molecular complexity index is 722. The van der Waals surface area contributed by atoms with Gasteiger partial charge in [-0.3, -0.25) is 0 Å². The summed E-state index contributed by atoms with van der Waals surface area (Å²) < 4.78 is 5.39. The van der Waals surface area contributed by atoms with E-state index in [4.69, 9.17) is 9.84 Å². The third kappa shape index (κ3) is 3.45. The highest BCUT2D eigenvalue weighted by Gasteiger charge is 2.39. The van der Waals surface area contributed by atoms with Crippen LogP contribution in [0.4, 0.5) is 4.79 Å². The summed E-state index contributed by atoms with van der Waals surface area (Å²) >= 11 is 0. The predicted octanol–water partition coefficient (Wildman–Crippen LogP) is 3.45. The lowest BCUT2D eigenvalue weighted by Gasteiger charge is -2.23. The maximum absolute atomic E-state index is 12.1. The Morgan fingerprint density at radius 2 is 1.84 bits per heavy atom. The van der Waals surface area contributed by atoms with Gasteiger partial charge in [0.1, 0.15) is 12.6 Å². The molecule has 4 unspecified atom stereocenters. The third-order valence-corrected chi connectivity index (χ3v) is 5.00. The molecule has 1 amide bonds. The highest BCUT2D eigenvalue weighted by atomic mass is 16.5. The minimum absolute atomic E-state index is 0.0791. The van der Waals surface area contributed by atoms with Crippen LogP contribution in [0.3, 0.4) is 0 Å². The summed E-state index contributed by atoms with van der Waals surface area (Å²) in [6.07, 6.45) is 7.73. The largest absolute Gasteiger partial charge is 0.480 e. The van der Waals surface area contributed by atoms with Gasteiger partial charge in [0.15, 0.2) is 0 Å². The molecular weight excluding hydrogens is 318 g/mol. The van der Waals surface area contributed by atoms with Crippen LogP contribution in [-0.2, 0) is 9.53 Å². The molecule has 25 heavy (non-hydrogen) atoms. The van der Waals surface area contributed by atoms with Crippen molar-refractivity contribution in [1.82, 2.24) is 5.32 Å². The number of nitrogens with one attached hydrogen (secondary N) is 1. The van der Waals surface area contributed by atoms with Crippen LogP contribution in [-0.4, -0.2) is 29.8 Å². The Morgan fingerprint density at radius 1 is 1.16 bits per heavy atom. The van der Waals surface area contributed by atoms with E-state index in [0.29, 0.717) is 5.92 Å². The summed E-state index contributed by atoms with van der Waals surface area (Å²) in [5.41, 5.74) is 2.47. The number of aliphatic carboxylic acids is 1. The van der Waals surface area contributed by atoms with Crippen LogP contribution in [0.1, 0.15) is 36.8 Å². The molecule has 5 heteroatoms. The molecule has 5 nitrogen and oxygen atoms in total. The molecule has 0 aliphatic heterocycles. The fourth-order valence-corrected chi connectivity index (χ4v) is 3.73. The number of allylic oxidation sites excluding steroid dienone is 4. The first-order valence-corrected chi connectivity index (χ1v) is 8.59. The number of amides is 1. The average Bonchev–Trinajstić information content (AvgIpc) is 2.91. The third-order valence-electron chi connectivity index (χ3n) is 5.00. The van der Waals surface area contributed by atoms with Crippen LogP contribution in [0.2, 0.25) is 0 Å². The SMILES string of the molecule is CC(C)C(NC(=O)OCC1c2ccccc2C2C=CC=CC21)C(=O)O. The Balaban J connectivity index is 1.68. The zero-order chi connectivity index (χ0) is 18.0. The second-order valence-electron chi connectivity index (χ2n) is 6.91. The zero-order valence-corrected chi connectivity index (χ0v) is 14.4. The summed E-state index contributed by atoms with van der Waals surface area (Å²) in [6, 6.07) is 7.27. The maximum atomic E-state index is 12.1. The molecule has 0 heterocycles. The van der Waals surface area contributed by atoms with E-state index in [9.17, 15) is 9.59 Å². The molecule has 0 fully saturated rings. The Kier molecular flexibility index (Phi) is 4.93. The van der Waals surface area contributed by atoms with E-state index >= 15 is 0 Å². The van der Waals surface area contributed by atoms with Gasteiger partial charge in [0.05, 0.1) is 0 Å². The van der Waals surface area contributed by atoms with Crippen molar-refractivity contribution in [3.8, 4) is 0 Å². The molecule has 2 aliphatic carbocycles. The molecule has 1 aromatic rings. The first-order chi connectivity index (χ1) is 12.0. The molecule has 0 aromatic heterocycles. The number of carbonyl (C=O) groups is 2. The van der Waals surface area contributed by atoms with Crippen LogP contribution < -0.4 is 5.32 Å². The number of fused-ring (bicyclic) bond motifs is 3. The quantitative estimate of drug-likeness (QED) is 0.860. The van der Waals surface area contributed by atoms with Crippen LogP contribution in [0.5, 0.6) is 0 Å². The monoisotopic (exact) mass is 341 g/mol. The summed E-state index contributed by atoms with van der Waals surface area (Å²) in [6.45, 7) is 3.72. The van der Waals surface area contributed by atoms with Gasteiger partial charge in [-0.15, -0.1) is 0 Å². The van der Waals surface area contributed by atoms with Gasteiger partial charge in [-0.05, 0) is 23.0 Å². The normalized spacial score (nSPS) is 24.5. The fraction of sp³-hybridized carbons (Fsp3) is 0.400. The number of carbonyl (C=O) groups excluding carboxylic acids is 1. The van der Waals surface area contributed by atoms with Gasteiger partial charge in [-0.1, -0.05) is 62.4 Å². The molecular formula is C20H23NO4. The first kappa shape index (κ1) is 17.3. The van der Waals surface area contributed by atoms with Gasteiger partial charge in [-0.25, -0.2) is 9.59 Å². The molecule has 0 saturated heterocycles. The van der Waals surface area contributed by atoms with Crippen LogP contribution in [0.15, 0.2) is 48.6 Å². The van der Waals surface area contributed by atoms with Gasteiger partial charge in [-0.2, -0.15) is 0 Å². The number of rotatable bonds is 5. The molecule has 3 rings (SSSR count). The molecule has 0 saturated carbocycles. The van der Waals surface area contributed by atoms with Crippen LogP contribution in [0.25, 0.3) is 0 Å². The maximum Gasteiger partial charge on any atom is 0.407 e. The van der Waals surface area contributed by atoms with E-state index in [1.807, 2.05) is 24.3 Å². The van der Waals surface area contributed by atoms with Crippen molar-refractivity contribution < 1.29 is 19.4 Å². The molecule has 0 spiro atoms. The van der Waals surface area contributed by atoms with Crippen molar-refractivity contribution in [2.75, 3.05) is 6.61 Å². The number of ether oxygens (including phenoxy) is 1. The van der Waals surface area contributed by atoms with E-state index in [1.54, 1.807) is 13.8 Å². The molecule has 1 aromatic carbocycles. The molecule has 2 N–H and O–H groups in total.